The van der Waals surface area contributed by atoms with Gasteiger partial charge < -0.3 is 34.5 Å². The molecule has 3 aliphatic rings. The highest BCUT2D eigenvalue weighted by atomic mass is 16.7. The van der Waals surface area contributed by atoms with Crippen molar-refractivity contribution >= 4 is 23.3 Å². The van der Waals surface area contributed by atoms with Crippen molar-refractivity contribution < 1.29 is 28.5 Å². The number of hydrogen-bond donors (Lipinski definition) is 2. The van der Waals surface area contributed by atoms with E-state index in [1.165, 1.54) is 0 Å². The van der Waals surface area contributed by atoms with Gasteiger partial charge in [-0.25, -0.2) is 4.79 Å². The second kappa shape index (κ2) is 9.81. The molecule has 38 heavy (non-hydrogen) atoms. The number of nitrogens with zero attached hydrogens (tertiary/aromatic N) is 1. The van der Waals surface area contributed by atoms with Crippen LogP contribution in [0.25, 0.3) is 0 Å². The van der Waals surface area contributed by atoms with Gasteiger partial charge in [0.25, 0.3) is 0 Å². The number of amides is 3. The molecule has 0 saturated heterocycles. The molecule has 2 N–H and O–H groups in total. The number of urea groups is 1. The molecule has 9 heteroatoms. The molecule has 3 aromatic carbocycles. The highest BCUT2D eigenvalue weighted by Crippen LogP contribution is 2.54. The number of rotatable bonds is 8. The Morgan fingerprint density at radius 3 is 2.61 bits per heavy atom. The van der Waals surface area contributed by atoms with Gasteiger partial charge in [-0.15, -0.1) is 0 Å². The number of unbranched alkanes of at least 4 members (excludes halogenated alkanes) is 1. The molecule has 1 atom stereocenters. The summed E-state index contributed by atoms with van der Waals surface area (Å²) >= 11 is 0. The summed E-state index contributed by atoms with van der Waals surface area (Å²) in [5.41, 5.74) is 2.16. The molecule has 3 aromatic rings. The second-order valence-electron chi connectivity index (χ2n) is 9.48. The van der Waals surface area contributed by atoms with Gasteiger partial charge in [0.2, 0.25) is 12.7 Å². The quantitative estimate of drug-likeness (QED) is 0.431. The molecule has 0 bridgehead atoms. The van der Waals surface area contributed by atoms with E-state index in [-0.39, 0.29) is 31.9 Å². The molecule has 0 saturated carbocycles. The average molecular weight is 516 g/mol. The first-order valence-corrected chi connectivity index (χ1v) is 12.9. The van der Waals surface area contributed by atoms with Crippen LogP contribution in [0.4, 0.5) is 16.2 Å². The molecular formula is C29H29N3O6. The Labute approximate surface area is 220 Å². The zero-order chi connectivity index (χ0) is 26.1. The maximum Gasteiger partial charge on any atom is 0.319 e. The third kappa shape index (κ3) is 4.04. The summed E-state index contributed by atoms with van der Waals surface area (Å²) in [7, 11) is 0. The monoisotopic (exact) mass is 515 g/mol. The highest BCUT2D eigenvalue weighted by Gasteiger charge is 2.57. The number of benzene rings is 3. The molecule has 9 nitrogen and oxygen atoms in total. The van der Waals surface area contributed by atoms with Crippen LogP contribution in [0.1, 0.15) is 30.9 Å². The first-order valence-electron chi connectivity index (χ1n) is 12.9. The lowest BCUT2D eigenvalue weighted by Gasteiger charge is -2.23. The first-order chi connectivity index (χ1) is 18.6. The number of ether oxygens (including phenoxy) is 4. The molecule has 3 aliphatic heterocycles. The number of para-hydroxylation sites is 1. The molecular weight excluding hydrogens is 486 g/mol. The van der Waals surface area contributed by atoms with Crippen LogP contribution in [0.3, 0.4) is 0 Å². The Morgan fingerprint density at radius 2 is 1.79 bits per heavy atom. The van der Waals surface area contributed by atoms with E-state index in [0.717, 1.165) is 35.4 Å². The number of fused-ring (bicyclic) bond motifs is 5. The van der Waals surface area contributed by atoms with Gasteiger partial charge in [0, 0.05) is 36.1 Å². The zero-order valence-corrected chi connectivity index (χ0v) is 21.1. The predicted molar refractivity (Wildman–Crippen MR) is 142 cm³/mol. The Bertz CT molecular complexity index is 1380. The van der Waals surface area contributed by atoms with Crippen LogP contribution in [0.5, 0.6) is 23.0 Å². The SMILES string of the molecule is CCCCOc1ccc(NC(=O)NCCN2C(=O)C3(COc4cc5c(cc43)OCO5)c3ccccc32)cc1. The van der Waals surface area contributed by atoms with Crippen LogP contribution >= 0.6 is 0 Å². The van der Waals surface area contributed by atoms with Crippen LogP contribution in [-0.2, 0) is 10.2 Å². The zero-order valence-electron chi connectivity index (χ0n) is 21.1. The van der Waals surface area contributed by atoms with Crippen molar-refractivity contribution in [2.45, 2.75) is 25.2 Å². The minimum Gasteiger partial charge on any atom is -0.494 e. The van der Waals surface area contributed by atoms with Crippen molar-refractivity contribution in [3.63, 3.8) is 0 Å². The van der Waals surface area contributed by atoms with Gasteiger partial charge in [-0.3, -0.25) is 4.79 Å². The minimum atomic E-state index is -0.962. The fraction of sp³-hybridized carbons (Fsp3) is 0.310. The predicted octanol–water partition coefficient (Wildman–Crippen LogP) is 4.44. The number of nitrogens with one attached hydrogen (secondary N) is 2. The summed E-state index contributed by atoms with van der Waals surface area (Å²) in [5, 5.41) is 5.68. The van der Waals surface area contributed by atoms with Crippen LogP contribution in [-0.4, -0.2) is 45.0 Å². The molecule has 0 aliphatic carbocycles. The number of anilines is 2. The lowest BCUT2D eigenvalue weighted by atomic mass is 9.77. The molecule has 0 aromatic heterocycles. The topological polar surface area (TPSA) is 98.4 Å². The maximum absolute atomic E-state index is 14.0. The average Bonchev–Trinajstić information content (AvgIpc) is 3.61. The van der Waals surface area contributed by atoms with Gasteiger partial charge >= 0.3 is 6.03 Å². The lowest BCUT2D eigenvalue weighted by molar-refractivity contribution is -0.122. The third-order valence-electron chi connectivity index (χ3n) is 7.14. The number of carbonyl (C=O) groups excluding carboxylic acids is 2. The van der Waals surface area contributed by atoms with E-state index in [1.54, 1.807) is 23.1 Å². The Hall–Kier alpha value is -4.40. The first kappa shape index (κ1) is 24.0. The van der Waals surface area contributed by atoms with E-state index in [9.17, 15) is 9.59 Å². The smallest absolute Gasteiger partial charge is 0.319 e. The van der Waals surface area contributed by atoms with E-state index in [0.29, 0.717) is 36.1 Å². The highest BCUT2D eigenvalue weighted by molar-refractivity contribution is 6.11. The third-order valence-corrected chi connectivity index (χ3v) is 7.14. The Balaban J connectivity index is 1.12. The number of hydrogen-bond acceptors (Lipinski definition) is 6. The minimum absolute atomic E-state index is 0.0859. The summed E-state index contributed by atoms with van der Waals surface area (Å²) in [6.07, 6.45) is 2.07. The Morgan fingerprint density at radius 1 is 1.00 bits per heavy atom. The molecule has 196 valence electrons. The molecule has 0 fully saturated rings. The molecule has 0 radical (unpaired) electrons. The fourth-order valence-electron chi connectivity index (χ4n) is 5.21. The van der Waals surface area contributed by atoms with Crippen LogP contribution in [0, 0.1) is 0 Å². The summed E-state index contributed by atoms with van der Waals surface area (Å²) in [6.45, 7) is 3.72. The number of carbonyl (C=O) groups is 2. The van der Waals surface area contributed by atoms with Crippen molar-refractivity contribution in [3.05, 3.63) is 71.8 Å². The molecule has 1 unspecified atom stereocenters. The van der Waals surface area contributed by atoms with E-state index in [1.807, 2.05) is 42.5 Å². The van der Waals surface area contributed by atoms with Gasteiger partial charge in [0.15, 0.2) is 11.5 Å². The normalized spacial score (nSPS) is 18.2. The summed E-state index contributed by atoms with van der Waals surface area (Å²) in [5.74, 6) is 2.53. The maximum atomic E-state index is 14.0. The van der Waals surface area contributed by atoms with Crippen LogP contribution in [0.15, 0.2) is 60.7 Å². The van der Waals surface area contributed by atoms with Gasteiger partial charge in [-0.2, -0.15) is 0 Å². The van der Waals surface area contributed by atoms with E-state index >= 15 is 0 Å². The molecule has 3 amide bonds. The van der Waals surface area contributed by atoms with Crippen molar-refractivity contribution in [1.82, 2.24) is 5.32 Å². The van der Waals surface area contributed by atoms with Crippen LogP contribution < -0.4 is 34.5 Å². The van der Waals surface area contributed by atoms with Gasteiger partial charge in [0.1, 0.15) is 23.5 Å². The van der Waals surface area contributed by atoms with Gasteiger partial charge in [-0.05, 0) is 48.4 Å². The second-order valence-corrected chi connectivity index (χ2v) is 9.48. The van der Waals surface area contributed by atoms with E-state index < -0.39 is 5.41 Å². The van der Waals surface area contributed by atoms with Crippen molar-refractivity contribution in [1.29, 1.82) is 0 Å². The molecule has 6 rings (SSSR count). The van der Waals surface area contributed by atoms with E-state index in [4.69, 9.17) is 18.9 Å². The van der Waals surface area contributed by atoms with Crippen molar-refractivity contribution in [2.75, 3.05) is 43.3 Å². The summed E-state index contributed by atoms with van der Waals surface area (Å²) in [6, 6.07) is 18.3. The molecule has 1 spiro atoms. The summed E-state index contributed by atoms with van der Waals surface area (Å²) < 4.78 is 22.7. The largest absolute Gasteiger partial charge is 0.494 e. The Kier molecular flexibility index (Phi) is 6.19. The summed E-state index contributed by atoms with van der Waals surface area (Å²) in [4.78, 5) is 28.2. The van der Waals surface area contributed by atoms with Crippen LogP contribution in [0.2, 0.25) is 0 Å². The van der Waals surface area contributed by atoms with Crippen molar-refractivity contribution in [3.8, 4) is 23.0 Å². The standard InChI is InChI=1S/C29H29N3O6/c1-2-3-14-35-20-10-8-19(9-11-20)31-28(34)30-12-13-32-23-7-5-4-6-21(23)29(27(32)33)17-36-24-16-26-25(15-22(24)29)37-18-38-26/h4-11,15-16H,2-3,12-14,17-18H2,1H3,(H2,30,31,34). The fourth-order valence-corrected chi connectivity index (χ4v) is 5.21. The van der Waals surface area contributed by atoms with E-state index in [2.05, 4.69) is 17.6 Å². The molecule has 3 heterocycles. The van der Waals surface area contributed by atoms with Gasteiger partial charge in [-0.1, -0.05) is 31.5 Å². The van der Waals surface area contributed by atoms with Gasteiger partial charge in [0.05, 0.1) is 6.61 Å². The lowest BCUT2D eigenvalue weighted by Crippen LogP contribution is -2.45. The van der Waals surface area contributed by atoms with Crippen molar-refractivity contribution in [2.24, 2.45) is 0 Å².